The number of rotatable bonds is 7. The Balaban J connectivity index is 1.37. The molecular formula is C25H27Cl2N7O3. The van der Waals surface area contributed by atoms with E-state index in [2.05, 4.69) is 37.5 Å². The predicted molar refractivity (Wildman–Crippen MR) is 142 cm³/mol. The number of halogens is 2. The SMILES string of the molecule is COc1cc(OC)c(Cl)c(-c2cc3[nH]nc(-c4cnn(CC(=O)NC5CCN(C)CC5)c4)c3cn2)c1Cl. The maximum Gasteiger partial charge on any atom is 0.241 e. The molecule has 2 N–H and O–H groups in total. The number of nitrogens with zero attached hydrogens (tertiary/aromatic N) is 5. The molecule has 0 spiro atoms. The molecular weight excluding hydrogens is 517 g/mol. The summed E-state index contributed by atoms with van der Waals surface area (Å²) in [5.74, 6) is 0.805. The van der Waals surface area contributed by atoms with Gasteiger partial charge in [-0.2, -0.15) is 10.2 Å². The highest BCUT2D eigenvalue weighted by Crippen LogP contribution is 2.45. The summed E-state index contributed by atoms with van der Waals surface area (Å²) in [6.07, 6.45) is 7.11. The Bertz CT molecular complexity index is 1420. The Hall–Kier alpha value is -3.34. The lowest BCUT2D eigenvalue weighted by molar-refractivity contribution is -0.122. The number of nitrogens with one attached hydrogen (secondary N) is 2. The lowest BCUT2D eigenvalue weighted by Crippen LogP contribution is -2.44. The number of carbonyl (C=O) groups is 1. The van der Waals surface area contributed by atoms with E-state index in [0.717, 1.165) is 42.4 Å². The number of hydrogen-bond acceptors (Lipinski definition) is 7. The van der Waals surface area contributed by atoms with Gasteiger partial charge in [0.15, 0.2) is 0 Å². The van der Waals surface area contributed by atoms with Gasteiger partial charge in [0.25, 0.3) is 0 Å². The van der Waals surface area contributed by atoms with Crippen LogP contribution in [0.1, 0.15) is 12.8 Å². The molecule has 0 unspecified atom stereocenters. The van der Waals surface area contributed by atoms with Crippen LogP contribution in [-0.4, -0.2) is 76.2 Å². The van der Waals surface area contributed by atoms with Crippen LogP contribution in [0.5, 0.6) is 11.5 Å². The van der Waals surface area contributed by atoms with Gasteiger partial charge in [-0.15, -0.1) is 0 Å². The van der Waals surface area contributed by atoms with Gasteiger partial charge in [-0.05, 0) is 39.0 Å². The van der Waals surface area contributed by atoms with Gasteiger partial charge in [0.05, 0.1) is 41.7 Å². The van der Waals surface area contributed by atoms with Gasteiger partial charge < -0.3 is 19.7 Å². The molecule has 1 aromatic carbocycles. The van der Waals surface area contributed by atoms with Crippen LogP contribution in [-0.2, 0) is 11.3 Å². The largest absolute Gasteiger partial charge is 0.495 e. The third-order valence-electron chi connectivity index (χ3n) is 6.57. The van der Waals surface area contributed by atoms with Crippen molar-refractivity contribution < 1.29 is 14.3 Å². The van der Waals surface area contributed by atoms with Crippen molar-refractivity contribution in [2.45, 2.75) is 25.4 Å². The minimum Gasteiger partial charge on any atom is -0.495 e. The Labute approximate surface area is 223 Å². The first-order valence-corrected chi connectivity index (χ1v) is 12.6. The van der Waals surface area contributed by atoms with Crippen molar-refractivity contribution in [2.24, 2.45) is 0 Å². The molecule has 12 heteroatoms. The molecule has 0 atom stereocenters. The van der Waals surface area contributed by atoms with Gasteiger partial charge in [-0.3, -0.25) is 19.6 Å². The zero-order valence-corrected chi connectivity index (χ0v) is 22.2. The second kappa shape index (κ2) is 10.6. The molecule has 0 aliphatic carbocycles. The van der Waals surface area contributed by atoms with Crippen molar-refractivity contribution in [3.05, 3.63) is 40.8 Å². The fraction of sp³-hybridized carbons (Fsp3) is 0.360. The van der Waals surface area contributed by atoms with Crippen molar-refractivity contribution in [3.8, 4) is 34.0 Å². The zero-order chi connectivity index (χ0) is 26.1. The average Bonchev–Trinajstić information content (AvgIpc) is 3.52. The summed E-state index contributed by atoms with van der Waals surface area (Å²) in [6.45, 7) is 2.12. The summed E-state index contributed by atoms with van der Waals surface area (Å²) >= 11 is 13.1. The van der Waals surface area contributed by atoms with Gasteiger partial charge >= 0.3 is 0 Å². The molecule has 194 valence electrons. The zero-order valence-electron chi connectivity index (χ0n) is 20.7. The lowest BCUT2D eigenvalue weighted by Gasteiger charge is -2.29. The molecule has 0 saturated carbocycles. The second-order valence-electron chi connectivity index (χ2n) is 9.04. The minimum atomic E-state index is -0.0510. The summed E-state index contributed by atoms with van der Waals surface area (Å²) < 4.78 is 12.4. The van der Waals surface area contributed by atoms with E-state index in [4.69, 9.17) is 32.7 Å². The quantitative estimate of drug-likeness (QED) is 0.362. The van der Waals surface area contributed by atoms with E-state index in [1.165, 1.54) is 14.2 Å². The highest BCUT2D eigenvalue weighted by atomic mass is 35.5. The first-order chi connectivity index (χ1) is 17.9. The number of ether oxygens (including phenoxy) is 2. The number of likely N-dealkylation sites (tertiary alicyclic amines) is 1. The Morgan fingerprint density at radius 1 is 1.14 bits per heavy atom. The molecule has 1 saturated heterocycles. The number of aromatic amines is 1. The summed E-state index contributed by atoms with van der Waals surface area (Å²) in [7, 11) is 5.14. The molecule has 1 aliphatic heterocycles. The van der Waals surface area contributed by atoms with Crippen LogP contribution in [0.3, 0.4) is 0 Å². The van der Waals surface area contributed by atoms with Crippen LogP contribution in [0, 0.1) is 0 Å². The van der Waals surface area contributed by atoms with E-state index in [9.17, 15) is 4.79 Å². The summed E-state index contributed by atoms with van der Waals surface area (Å²) in [6, 6.07) is 3.66. The number of aromatic nitrogens is 5. The number of fused-ring (bicyclic) bond motifs is 1. The third kappa shape index (κ3) is 5.09. The van der Waals surface area contributed by atoms with Crippen molar-refractivity contribution in [1.29, 1.82) is 0 Å². The van der Waals surface area contributed by atoms with E-state index < -0.39 is 0 Å². The highest BCUT2D eigenvalue weighted by molar-refractivity contribution is 6.41. The Morgan fingerprint density at radius 2 is 1.84 bits per heavy atom. The molecule has 37 heavy (non-hydrogen) atoms. The summed E-state index contributed by atoms with van der Waals surface area (Å²) in [5, 5.41) is 16.4. The first-order valence-electron chi connectivity index (χ1n) is 11.8. The number of carbonyl (C=O) groups excluding carboxylic acids is 1. The molecule has 5 rings (SSSR count). The Morgan fingerprint density at radius 3 is 2.51 bits per heavy atom. The minimum absolute atomic E-state index is 0.0510. The molecule has 10 nitrogen and oxygen atoms in total. The van der Waals surface area contributed by atoms with Crippen molar-refractivity contribution >= 4 is 40.0 Å². The van der Waals surface area contributed by atoms with E-state index >= 15 is 0 Å². The molecule has 0 radical (unpaired) electrons. The smallest absolute Gasteiger partial charge is 0.241 e. The summed E-state index contributed by atoms with van der Waals surface area (Å²) in [4.78, 5) is 19.4. The van der Waals surface area contributed by atoms with Crippen LogP contribution in [0.2, 0.25) is 10.0 Å². The highest BCUT2D eigenvalue weighted by Gasteiger charge is 2.22. The van der Waals surface area contributed by atoms with Crippen molar-refractivity contribution in [2.75, 3.05) is 34.4 Å². The molecule has 1 amide bonds. The third-order valence-corrected chi connectivity index (χ3v) is 7.32. The number of hydrogen-bond donors (Lipinski definition) is 2. The maximum atomic E-state index is 12.5. The number of H-pyrrole nitrogens is 1. The number of piperidine rings is 1. The van der Waals surface area contributed by atoms with Gasteiger partial charge in [0, 0.05) is 41.0 Å². The molecule has 3 aromatic heterocycles. The Kier molecular flexibility index (Phi) is 7.23. The fourth-order valence-electron chi connectivity index (χ4n) is 4.53. The molecule has 1 aliphatic rings. The van der Waals surface area contributed by atoms with E-state index in [1.807, 2.05) is 6.07 Å². The van der Waals surface area contributed by atoms with Crippen LogP contribution < -0.4 is 14.8 Å². The van der Waals surface area contributed by atoms with E-state index in [0.29, 0.717) is 38.5 Å². The average molecular weight is 544 g/mol. The molecule has 0 bridgehead atoms. The van der Waals surface area contributed by atoms with Crippen LogP contribution in [0.4, 0.5) is 0 Å². The van der Waals surface area contributed by atoms with Crippen LogP contribution in [0.25, 0.3) is 33.4 Å². The van der Waals surface area contributed by atoms with Gasteiger partial charge in [0.2, 0.25) is 5.91 Å². The number of pyridine rings is 1. The summed E-state index contributed by atoms with van der Waals surface area (Å²) in [5.41, 5.74) is 3.22. The van der Waals surface area contributed by atoms with E-state index in [-0.39, 0.29) is 18.5 Å². The van der Waals surface area contributed by atoms with Crippen molar-refractivity contribution in [3.63, 3.8) is 0 Å². The van der Waals surface area contributed by atoms with Gasteiger partial charge in [0.1, 0.15) is 23.7 Å². The van der Waals surface area contributed by atoms with Crippen LogP contribution in [0.15, 0.2) is 30.7 Å². The molecule has 1 fully saturated rings. The lowest BCUT2D eigenvalue weighted by atomic mass is 10.1. The first kappa shape index (κ1) is 25.3. The van der Waals surface area contributed by atoms with E-state index in [1.54, 1.807) is 29.3 Å². The van der Waals surface area contributed by atoms with Gasteiger partial charge in [-0.25, -0.2) is 0 Å². The maximum absolute atomic E-state index is 12.5. The molecule has 4 aromatic rings. The second-order valence-corrected chi connectivity index (χ2v) is 9.80. The number of methoxy groups -OCH3 is 2. The molecule has 4 heterocycles. The monoisotopic (exact) mass is 543 g/mol. The van der Waals surface area contributed by atoms with Gasteiger partial charge in [-0.1, -0.05) is 23.2 Å². The number of benzene rings is 1. The topological polar surface area (TPSA) is 110 Å². The van der Waals surface area contributed by atoms with Crippen LogP contribution >= 0.6 is 23.2 Å². The number of amides is 1. The van der Waals surface area contributed by atoms with Crippen molar-refractivity contribution in [1.82, 2.24) is 35.2 Å². The fourth-order valence-corrected chi connectivity index (χ4v) is 5.22. The standard InChI is InChI=1S/C25H27Cl2N7O3/c1-33-6-4-15(5-7-33)30-21(35)13-34-12-14(10-29-34)25-16-11-28-18(8-17(16)31-32-25)22-23(26)19(36-2)9-20(37-3)24(22)27/h8-12,15H,4-7,13H2,1-3H3,(H,30,35)(H,31,32). The predicted octanol–water partition coefficient (Wildman–Crippen LogP) is 4.02. The normalized spacial score (nSPS) is 14.7.